The number of fused-ring (bicyclic) bond motifs is 3. The van der Waals surface area contributed by atoms with Gasteiger partial charge in [-0.25, -0.2) is 0 Å². The molecular formula is C27H21NO6. The fraction of sp³-hybridized carbons (Fsp3) is 0.185. The first kappa shape index (κ1) is 20.4. The van der Waals surface area contributed by atoms with Gasteiger partial charge in [0.15, 0.2) is 16.9 Å². The van der Waals surface area contributed by atoms with Crippen LogP contribution in [-0.4, -0.2) is 24.7 Å². The van der Waals surface area contributed by atoms with Gasteiger partial charge >= 0.3 is 0 Å². The van der Waals surface area contributed by atoms with Crippen LogP contribution >= 0.6 is 0 Å². The number of hydrogen-bond acceptors (Lipinski definition) is 6. The van der Waals surface area contributed by atoms with E-state index in [0.29, 0.717) is 33.8 Å². The van der Waals surface area contributed by atoms with Crippen molar-refractivity contribution in [3.63, 3.8) is 0 Å². The molecule has 6 rings (SSSR count). The van der Waals surface area contributed by atoms with Gasteiger partial charge < -0.3 is 23.5 Å². The molecule has 0 radical (unpaired) electrons. The lowest BCUT2D eigenvalue weighted by Crippen LogP contribution is -2.29. The van der Waals surface area contributed by atoms with Crippen LogP contribution in [0.25, 0.3) is 11.0 Å². The molecule has 2 aliphatic rings. The lowest BCUT2D eigenvalue weighted by Gasteiger charge is -2.25. The largest absolute Gasteiger partial charge is 0.497 e. The smallest absolute Gasteiger partial charge is 0.291 e. The van der Waals surface area contributed by atoms with E-state index in [2.05, 4.69) is 0 Å². The fourth-order valence-corrected chi connectivity index (χ4v) is 4.69. The van der Waals surface area contributed by atoms with Crippen molar-refractivity contribution in [2.75, 3.05) is 13.9 Å². The zero-order chi connectivity index (χ0) is 23.4. The number of ether oxygens (including phenoxy) is 3. The Balaban J connectivity index is 1.53. The molecule has 3 aromatic carbocycles. The third-order valence-corrected chi connectivity index (χ3v) is 6.32. The van der Waals surface area contributed by atoms with Crippen molar-refractivity contribution >= 4 is 16.9 Å². The van der Waals surface area contributed by atoms with E-state index >= 15 is 0 Å². The Bertz CT molecular complexity index is 1520. The quantitative estimate of drug-likeness (QED) is 0.448. The number of nitrogens with zero attached hydrogens (tertiary/aromatic N) is 1. The van der Waals surface area contributed by atoms with Crippen LogP contribution in [0.3, 0.4) is 0 Å². The molecule has 1 aromatic heterocycles. The van der Waals surface area contributed by atoms with Gasteiger partial charge in [-0.1, -0.05) is 29.8 Å². The molecule has 1 atom stereocenters. The Labute approximate surface area is 195 Å². The maximum absolute atomic E-state index is 13.7. The lowest BCUT2D eigenvalue weighted by molar-refractivity contribution is 0.0714. The van der Waals surface area contributed by atoms with Gasteiger partial charge in [0, 0.05) is 6.54 Å². The minimum absolute atomic E-state index is 0.0786. The number of amides is 1. The maximum Gasteiger partial charge on any atom is 0.291 e. The number of hydrogen-bond donors (Lipinski definition) is 0. The highest BCUT2D eigenvalue weighted by molar-refractivity contribution is 5.99. The molecule has 2 aliphatic heterocycles. The van der Waals surface area contributed by atoms with E-state index in [0.717, 1.165) is 16.7 Å². The lowest BCUT2D eigenvalue weighted by atomic mass is 9.97. The molecule has 170 valence electrons. The van der Waals surface area contributed by atoms with Gasteiger partial charge in [0.1, 0.15) is 11.3 Å². The summed E-state index contributed by atoms with van der Waals surface area (Å²) in [4.78, 5) is 29.0. The minimum Gasteiger partial charge on any atom is -0.497 e. The molecule has 0 saturated carbocycles. The van der Waals surface area contributed by atoms with E-state index in [4.69, 9.17) is 18.6 Å². The monoisotopic (exact) mass is 455 g/mol. The molecule has 1 amide bonds. The normalized spacial score (nSPS) is 16.2. The Morgan fingerprint density at radius 1 is 1.00 bits per heavy atom. The van der Waals surface area contributed by atoms with Crippen LogP contribution < -0.4 is 19.6 Å². The molecule has 0 N–H and O–H groups in total. The Morgan fingerprint density at radius 3 is 2.71 bits per heavy atom. The van der Waals surface area contributed by atoms with Crippen LogP contribution in [0.5, 0.6) is 17.2 Å². The number of rotatable bonds is 4. The molecule has 4 aromatic rings. The molecule has 7 nitrogen and oxygen atoms in total. The second kappa shape index (κ2) is 7.66. The molecule has 0 bridgehead atoms. The highest BCUT2D eigenvalue weighted by Crippen LogP contribution is 2.41. The van der Waals surface area contributed by atoms with Crippen molar-refractivity contribution in [3.8, 4) is 17.2 Å². The Hall–Kier alpha value is -4.26. The van der Waals surface area contributed by atoms with Crippen molar-refractivity contribution in [2.45, 2.75) is 19.5 Å². The number of benzene rings is 3. The van der Waals surface area contributed by atoms with Crippen LogP contribution in [-0.2, 0) is 6.54 Å². The third-order valence-electron chi connectivity index (χ3n) is 6.32. The maximum atomic E-state index is 13.7. The molecule has 0 fully saturated rings. The summed E-state index contributed by atoms with van der Waals surface area (Å²) in [6.45, 7) is 2.35. The van der Waals surface area contributed by atoms with Crippen LogP contribution in [0, 0.1) is 6.92 Å². The van der Waals surface area contributed by atoms with Gasteiger partial charge in [-0.15, -0.1) is 0 Å². The molecule has 7 heteroatoms. The summed E-state index contributed by atoms with van der Waals surface area (Å²) in [5.74, 6) is 1.69. The Kier molecular flexibility index (Phi) is 4.58. The van der Waals surface area contributed by atoms with E-state index in [9.17, 15) is 9.59 Å². The van der Waals surface area contributed by atoms with Gasteiger partial charge in [-0.3, -0.25) is 9.59 Å². The summed E-state index contributed by atoms with van der Waals surface area (Å²) in [6.07, 6.45) is 0. The highest BCUT2D eigenvalue weighted by atomic mass is 16.7. The SMILES string of the molecule is COc1cccc([C@@H]2c3c(oc4ccc(C)cc4c3=O)C(=O)N2Cc2ccc3c(c2)OCO3)c1. The summed E-state index contributed by atoms with van der Waals surface area (Å²) < 4.78 is 22.4. The van der Waals surface area contributed by atoms with Crippen LogP contribution in [0.2, 0.25) is 0 Å². The molecule has 0 saturated heterocycles. The third kappa shape index (κ3) is 3.12. The van der Waals surface area contributed by atoms with E-state index in [1.807, 2.05) is 55.5 Å². The zero-order valence-corrected chi connectivity index (χ0v) is 18.7. The molecule has 0 unspecified atom stereocenters. The average molecular weight is 455 g/mol. The first-order chi connectivity index (χ1) is 16.5. The van der Waals surface area contributed by atoms with Crippen molar-refractivity contribution in [3.05, 3.63) is 98.9 Å². The standard InChI is InChI=1S/C27H21NO6/c1-15-6-8-20-19(10-15)25(29)23-24(17-4-3-5-18(12-17)31-2)28(27(30)26(23)34-20)13-16-7-9-21-22(11-16)33-14-32-21/h3-12,24H,13-14H2,1-2H3/t24-/m1/s1. The summed E-state index contributed by atoms with van der Waals surface area (Å²) >= 11 is 0. The van der Waals surface area contributed by atoms with Crippen LogP contribution in [0.1, 0.15) is 38.9 Å². The second-order valence-electron chi connectivity index (χ2n) is 8.47. The summed E-state index contributed by atoms with van der Waals surface area (Å²) in [5.41, 5.74) is 3.11. The summed E-state index contributed by atoms with van der Waals surface area (Å²) in [7, 11) is 1.59. The Morgan fingerprint density at radius 2 is 1.85 bits per heavy atom. The number of methoxy groups -OCH3 is 1. The topological polar surface area (TPSA) is 78.2 Å². The first-order valence-corrected chi connectivity index (χ1v) is 10.9. The fourth-order valence-electron chi connectivity index (χ4n) is 4.69. The summed E-state index contributed by atoms with van der Waals surface area (Å²) in [6, 6.07) is 17.8. The number of carbonyl (C=O) groups is 1. The van der Waals surface area contributed by atoms with Crippen LogP contribution in [0.4, 0.5) is 0 Å². The highest BCUT2D eigenvalue weighted by Gasteiger charge is 2.43. The van der Waals surface area contributed by atoms with E-state index in [1.165, 1.54) is 0 Å². The van der Waals surface area contributed by atoms with Gasteiger partial charge in [0.2, 0.25) is 12.6 Å². The first-order valence-electron chi connectivity index (χ1n) is 10.9. The van der Waals surface area contributed by atoms with Crippen molar-refractivity contribution in [1.82, 2.24) is 4.90 Å². The summed E-state index contributed by atoms with van der Waals surface area (Å²) in [5, 5.41) is 0.462. The zero-order valence-electron chi connectivity index (χ0n) is 18.7. The van der Waals surface area contributed by atoms with E-state index < -0.39 is 6.04 Å². The molecule has 3 heterocycles. The number of carbonyl (C=O) groups excluding carboxylic acids is 1. The predicted octanol–water partition coefficient (Wildman–Crippen LogP) is 4.58. The van der Waals surface area contributed by atoms with Crippen molar-refractivity contribution in [1.29, 1.82) is 0 Å². The molecular weight excluding hydrogens is 434 g/mol. The molecule has 34 heavy (non-hydrogen) atoms. The van der Waals surface area contributed by atoms with Crippen molar-refractivity contribution in [2.24, 2.45) is 0 Å². The van der Waals surface area contributed by atoms with E-state index in [-0.39, 0.29) is 30.4 Å². The van der Waals surface area contributed by atoms with Gasteiger partial charge in [-0.2, -0.15) is 0 Å². The van der Waals surface area contributed by atoms with Crippen LogP contribution in [0.15, 0.2) is 69.9 Å². The average Bonchev–Trinajstić information content (AvgIpc) is 3.42. The predicted molar refractivity (Wildman–Crippen MR) is 124 cm³/mol. The van der Waals surface area contributed by atoms with Gasteiger partial charge in [-0.05, 0) is 54.4 Å². The van der Waals surface area contributed by atoms with Crippen molar-refractivity contribution < 1.29 is 23.4 Å². The van der Waals surface area contributed by atoms with E-state index in [1.54, 1.807) is 24.1 Å². The van der Waals surface area contributed by atoms with Gasteiger partial charge in [0.25, 0.3) is 5.91 Å². The second-order valence-corrected chi connectivity index (χ2v) is 8.47. The number of aryl methyl sites for hydroxylation is 1. The minimum atomic E-state index is -0.621. The van der Waals surface area contributed by atoms with Gasteiger partial charge in [0.05, 0.1) is 24.1 Å². The molecule has 0 aliphatic carbocycles. The molecule has 0 spiro atoms.